The highest BCUT2D eigenvalue weighted by Crippen LogP contribution is 2.29. The quantitative estimate of drug-likeness (QED) is 0.230. The van der Waals surface area contributed by atoms with Crippen LogP contribution in [0.25, 0.3) is 16.9 Å². The van der Waals surface area contributed by atoms with E-state index in [2.05, 4.69) is 10.6 Å². The van der Waals surface area contributed by atoms with E-state index in [-0.39, 0.29) is 5.69 Å². The number of hydrogen-bond donors (Lipinski definition) is 2. The average Bonchev–Trinajstić information content (AvgIpc) is 3.28. The van der Waals surface area contributed by atoms with Gasteiger partial charge in [0.2, 0.25) is 0 Å². The average molecular weight is 460 g/mol. The molecular weight excluding hydrogens is 438 g/mol. The zero-order valence-corrected chi connectivity index (χ0v) is 18.6. The van der Waals surface area contributed by atoms with E-state index >= 15 is 0 Å². The van der Waals surface area contributed by atoms with Crippen LogP contribution in [0.2, 0.25) is 0 Å². The Kier molecular flexibility index (Phi) is 6.61. The van der Waals surface area contributed by atoms with Crippen LogP contribution in [-0.2, 0) is 6.54 Å². The van der Waals surface area contributed by atoms with Crippen molar-refractivity contribution >= 4 is 28.7 Å². The summed E-state index contributed by atoms with van der Waals surface area (Å²) in [5.41, 5.74) is 4.24. The summed E-state index contributed by atoms with van der Waals surface area (Å²) in [6, 6.07) is 24.1. The number of nitrogens with zero attached hydrogens (tertiary/aromatic N) is 3. The first kappa shape index (κ1) is 22.0. The number of thiocarbonyl (C=S) groups is 1. The number of ether oxygens (including phenoxy) is 1. The van der Waals surface area contributed by atoms with Crippen LogP contribution in [0.4, 0.5) is 11.4 Å². The third-order valence-corrected chi connectivity index (χ3v) is 5.19. The Morgan fingerprint density at radius 3 is 2.45 bits per heavy atom. The maximum absolute atomic E-state index is 11.0. The molecule has 0 aliphatic rings. The van der Waals surface area contributed by atoms with Gasteiger partial charge in [0.05, 0.1) is 35.2 Å². The van der Waals surface area contributed by atoms with Gasteiger partial charge in [0.15, 0.2) is 5.11 Å². The molecule has 3 aromatic carbocycles. The summed E-state index contributed by atoms with van der Waals surface area (Å²) in [7, 11) is 1.45. The molecule has 8 nitrogen and oxygen atoms in total. The minimum atomic E-state index is -0.474. The number of methoxy groups -OCH3 is 1. The fraction of sp³-hybridized carbons (Fsp3) is 0.0833. The van der Waals surface area contributed by atoms with Gasteiger partial charge in [-0.3, -0.25) is 10.1 Å². The minimum absolute atomic E-state index is 0.0582. The van der Waals surface area contributed by atoms with E-state index in [1.807, 2.05) is 71.5 Å². The molecule has 4 aromatic rings. The monoisotopic (exact) mass is 459 g/mol. The Morgan fingerprint density at radius 1 is 1.09 bits per heavy atom. The lowest BCUT2D eigenvalue weighted by Gasteiger charge is -2.13. The first-order valence-corrected chi connectivity index (χ1v) is 10.5. The Morgan fingerprint density at radius 2 is 1.79 bits per heavy atom. The topological polar surface area (TPSA) is 94.3 Å². The van der Waals surface area contributed by atoms with Crippen LogP contribution in [0.3, 0.4) is 0 Å². The molecule has 1 aromatic heterocycles. The summed E-state index contributed by atoms with van der Waals surface area (Å²) in [5, 5.41) is 22.4. The molecule has 0 atom stereocenters. The molecule has 0 unspecified atom stereocenters. The van der Waals surface area contributed by atoms with Crippen LogP contribution >= 0.6 is 12.2 Å². The van der Waals surface area contributed by atoms with Gasteiger partial charge in [-0.2, -0.15) is 5.10 Å². The largest absolute Gasteiger partial charge is 0.494 e. The molecule has 0 saturated heterocycles. The Hall–Kier alpha value is -4.24. The lowest BCUT2D eigenvalue weighted by Crippen LogP contribution is -2.28. The van der Waals surface area contributed by atoms with Crippen LogP contribution in [0.5, 0.6) is 5.75 Å². The molecule has 166 valence electrons. The highest BCUT2D eigenvalue weighted by Gasteiger charge is 2.15. The zero-order valence-electron chi connectivity index (χ0n) is 17.8. The molecule has 0 aliphatic carbocycles. The van der Waals surface area contributed by atoms with Gasteiger partial charge in [0.25, 0.3) is 5.69 Å². The third kappa shape index (κ3) is 5.16. The second kappa shape index (κ2) is 9.92. The van der Waals surface area contributed by atoms with Gasteiger partial charge >= 0.3 is 0 Å². The fourth-order valence-corrected chi connectivity index (χ4v) is 3.51. The molecule has 0 saturated carbocycles. The van der Waals surface area contributed by atoms with Crippen molar-refractivity contribution in [3.63, 3.8) is 0 Å². The number of non-ortho nitro benzene ring substituents is 1. The summed E-state index contributed by atoms with van der Waals surface area (Å²) in [4.78, 5) is 10.5. The van der Waals surface area contributed by atoms with E-state index in [0.717, 1.165) is 22.5 Å². The Balaban J connectivity index is 1.54. The van der Waals surface area contributed by atoms with E-state index in [0.29, 0.717) is 23.1 Å². The van der Waals surface area contributed by atoms with Gasteiger partial charge in [0.1, 0.15) is 5.75 Å². The molecule has 1 heterocycles. The van der Waals surface area contributed by atoms with Crippen molar-refractivity contribution in [2.24, 2.45) is 0 Å². The molecular formula is C24H21N5O3S. The van der Waals surface area contributed by atoms with Gasteiger partial charge in [-0.1, -0.05) is 48.5 Å². The van der Waals surface area contributed by atoms with Crippen LogP contribution in [-0.4, -0.2) is 26.9 Å². The lowest BCUT2D eigenvalue weighted by molar-refractivity contribution is -0.384. The van der Waals surface area contributed by atoms with Crippen molar-refractivity contribution in [1.29, 1.82) is 0 Å². The number of nitro groups is 1. The molecule has 9 heteroatoms. The number of anilines is 1. The van der Waals surface area contributed by atoms with E-state index in [1.54, 1.807) is 6.07 Å². The van der Waals surface area contributed by atoms with Crippen molar-refractivity contribution in [1.82, 2.24) is 15.1 Å². The molecule has 4 rings (SSSR count). The zero-order chi connectivity index (χ0) is 23.2. The molecule has 33 heavy (non-hydrogen) atoms. The second-order valence-electron chi connectivity index (χ2n) is 7.10. The highest BCUT2D eigenvalue weighted by molar-refractivity contribution is 7.80. The van der Waals surface area contributed by atoms with Gasteiger partial charge in [-0.15, -0.1) is 0 Å². The number of para-hydroxylation sites is 1. The second-order valence-corrected chi connectivity index (χ2v) is 7.51. The Bertz CT molecular complexity index is 1280. The number of benzene rings is 3. The highest BCUT2D eigenvalue weighted by atomic mass is 32.1. The maximum atomic E-state index is 11.0. The van der Waals surface area contributed by atoms with Crippen molar-refractivity contribution in [3.8, 4) is 22.7 Å². The van der Waals surface area contributed by atoms with E-state index in [9.17, 15) is 10.1 Å². The molecule has 2 N–H and O–H groups in total. The van der Waals surface area contributed by atoms with Crippen LogP contribution in [0, 0.1) is 10.1 Å². The molecule has 0 aliphatic heterocycles. The summed E-state index contributed by atoms with van der Waals surface area (Å²) >= 11 is 5.45. The predicted molar refractivity (Wildman–Crippen MR) is 132 cm³/mol. The summed E-state index contributed by atoms with van der Waals surface area (Å²) in [5.74, 6) is 0.329. The lowest BCUT2D eigenvalue weighted by atomic mass is 10.1. The van der Waals surface area contributed by atoms with E-state index in [4.69, 9.17) is 22.1 Å². The smallest absolute Gasteiger partial charge is 0.273 e. The first-order valence-electron chi connectivity index (χ1n) is 10.1. The molecule has 0 fully saturated rings. The summed E-state index contributed by atoms with van der Waals surface area (Å²) in [6.45, 7) is 0.429. The maximum Gasteiger partial charge on any atom is 0.273 e. The first-order chi connectivity index (χ1) is 16.0. The van der Waals surface area contributed by atoms with Crippen LogP contribution in [0.15, 0.2) is 85.1 Å². The third-order valence-electron chi connectivity index (χ3n) is 4.94. The standard InChI is InChI=1S/C24H21N5O3S/c1-32-22-14-20(29(30)31)12-13-21(22)26-24(33)25-15-18-16-28(19-10-6-3-7-11-19)27-23(18)17-8-4-2-5-9-17/h2-14,16H,15H2,1H3,(H2,25,26,33). The van der Waals surface area contributed by atoms with E-state index in [1.165, 1.54) is 19.2 Å². The van der Waals surface area contributed by atoms with Crippen LogP contribution in [0.1, 0.15) is 5.56 Å². The van der Waals surface area contributed by atoms with Gasteiger partial charge in [0, 0.05) is 29.9 Å². The number of nitrogens with one attached hydrogen (secondary N) is 2. The van der Waals surface area contributed by atoms with Crippen LogP contribution < -0.4 is 15.4 Å². The Labute approximate surface area is 196 Å². The SMILES string of the molecule is COc1cc([N+](=O)[O-])ccc1NC(=S)NCc1cn(-c2ccccc2)nc1-c1ccccc1. The van der Waals surface area contributed by atoms with Gasteiger partial charge < -0.3 is 15.4 Å². The van der Waals surface area contributed by atoms with Crippen molar-refractivity contribution in [3.05, 3.63) is 101 Å². The minimum Gasteiger partial charge on any atom is -0.494 e. The molecule has 0 bridgehead atoms. The van der Waals surface area contributed by atoms with E-state index < -0.39 is 4.92 Å². The normalized spacial score (nSPS) is 10.5. The fourth-order valence-electron chi connectivity index (χ4n) is 3.33. The van der Waals surface area contributed by atoms with Gasteiger partial charge in [-0.25, -0.2) is 4.68 Å². The molecule has 0 radical (unpaired) electrons. The summed E-state index contributed by atoms with van der Waals surface area (Å²) in [6.07, 6.45) is 1.97. The van der Waals surface area contributed by atoms with Gasteiger partial charge in [-0.05, 0) is 30.4 Å². The number of nitro benzene ring substituents is 1. The van der Waals surface area contributed by atoms with Crippen molar-refractivity contribution in [2.45, 2.75) is 6.54 Å². The summed E-state index contributed by atoms with van der Waals surface area (Å²) < 4.78 is 7.10. The molecule has 0 spiro atoms. The molecule has 0 amide bonds. The number of rotatable bonds is 7. The van der Waals surface area contributed by atoms with Crippen molar-refractivity contribution in [2.75, 3.05) is 12.4 Å². The number of hydrogen-bond acceptors (Lipinski definition) is 5. The predicted octanol–water partition coefficient (Wildman–Crippen LogP) is 4.94. The van der Waals surface area contributed by atoms with Crippen molar-refractivity contribution < 1.29 is 9.66 Å². The number of aromatic nitrogens is 2.